The molecule has 2 heteroatoms. The smallest absolute Gasteiger partial charge is 0.164 e. The normalized spacial score (nSPS) is 18.8. The number of carbonyl (C=O) groups is 1. The second-order valence-electron chi connectivity index (χ2n) is 5.92. The zero-order chi connectivity index (χ0) is 12.8. The van der Waals surface area contributed by atoms with E-state index in [-0.39, 0.29) is 11.2 Å². The van der Waals surface area contributed by atoms with Crippen LogP contribution in [0.25, 0.3) is 0 Å². The molecule has 0 saturated heterocycles. The van der Waals surface area contributed by atoms with E-state index in [1.165, 1.54) is 5.56 Å². The number of ketones is 1. The van der Waals surface area contributed by atoms with Crippen molar-refractivity contribution in [3.05, 3.63) is 33.3 Å². The van der Waals surface area contributed by atoms with E-state index in [2.05, 4.69) is 20.8 Å². The van der Waals surface area contributed by atoms with Gasteiger partial charge in [0, 0.05) is 17.0 Å². The van der Waals surface area contributed by atoms with E-state index in [0.29, 0.717) is 11.4 Å². The third-order valence-electron chi connectivity index (χ3n) is 3.82. The minimum Gasteiger partial charge on any atom is -0.294 e. The molecule has 0 unspecified atom stereocenters. The van der Waals surface area contributed by atoms with Crippen LogP contribution in [0.15, 0.2) is 6.07 Å². The largest absolute Gasteiger partial charge is 0.294 e. The standard InChI is InChI=1S/C15H19ClO/c1-9-7-12(16)10(2)14-11(9)5-6-15(3,4)8-13(14)17/h7H,5-6,8H2,1-4H3. The lowest BCUT2D eigenvalue weighted by Gasteiger charge is -2.20. The lowest BCUT2D eigenvalue weighted by atomic mass is 9.84. The average molecular weight is 251 g/mol. The predicted octanol–water partition coefficient (Wildman–Crippen LogP) is 4.50. The number of carbonyl (C=O) groups excluding carboxylic acids is 1. The molecule has 0 fully saturated rings. The van der Waals surface area contributed by atoms with E-state index in [1.54, 1.807) is 0 Å². The SMILES string of the molecule is Cc1cc(Cl)c(C)c2c1CCC(C)(C)CC2=O. The van der Waals surface area contributed by atoms with Crippen LogP contribution < -0.4 is 0 Å². The number of halogens is 1. The number of rotatable bonds is 0. The molecular weight excluding hydrogens is 232 g/mol. The molecule has 0 aliphatic heterocycles. The van der Waals surface area contributed by atoms with Crippen molar-refractivity contribution in [3.63, 3.8) is 0 Å². The summed E-state index contributed by atoms with van der Waals surface area (Å²) in [7, 11) is 0. The fourth-order valence-corrected chi connectivity index (χ4v) is 2.96. The van der Waals surface area contributed by atoms with Gasteiger partial charge in [-0.05, 0) is 54.9 Å². The van der Waals surface area contributed by atoms with E-state index in [4.69, 9.17) is 11.6 Å². The third kappa shape index (κ3) is 2.26. The first kappa shape index (κ1) is 12.6. The Hall–Kier alpha value is -0.820. The molecule has 1 aromatic carbocycles. The molecule has 0 aromatic heterocycles. The summed E-state index contributed by atoms with van der Waals surface area (Å²) in [6, 6.07) is 1.99. The van der Waals surface area contributed by atoms with Gasteiger partial charge in [0.2, 0.25) is 0 Å². The topological polar surface area (TPSA) is 17.1 Å². The van der Waals surface area contributed by atoms with Gasteiger partial charge in [0.1, 0.15) is 0 Å². The predicted molar refractivity (Wildman–Crippen MR) is 72.0 cm³/mol. The van der Waals surface area contributed by atoms with Crippen LogP contribution >= 0.6 is 11.6 Å². The Morgan fingerprint density at radius 2 is 1.94 bits per heavy atom. The van der Waals surface area contributed by atoms with Crippen molar-refractivity contribution >= 4 is 17.4 Å². The molecule has 0 bridgehead atoms. The van der Waals surface area contributed by atoms with Gasteiger partial charge in [0.15, 0.2) is 5.78 Å². The zero-order valence-corrected chi connectivity index (χ0v) is 11.7. The summed E-state index contributed by atoms with van der Waals surface area (Å²) in [4.78, 5) is 12.4. The lowest BCUT2D eigenvalue weighted by molar-refractivity contribution is 0.0933. The van der Waals surface area contributed by atoms with Gasteiger partial charge < -0.3 is 0 Å². The quantitative estimate of drug-likeness (QED) is 0.620. The monoisotopic (exact) mass is 250 g/mol. The molecule has 1 aliphatic carbocycles. The molecule has 0 saturated carbocycles. The van der Waals surface area contributed by atoms with E-state index in [9.17, 15) is 4.79 Å². The minimum atomic E-state index is 0.0987. The summed E-state index contributed by atoms with van der Waals surface area (Å²) in [6.07, 6.45) is 2.67. The molecule has 2 rings (SSSR count). The van der Waals surface area contributed by atoms with Gasteiger partial charge in [-0.25, -0.2) is 0 Å². The highest BCUT2D eigenvalue weighted by molar-refractivity contribution is 6.32. The third-order valence-corrected chi connectivity index (χ3v) is 4.22. The molecule has 0 spiro atoms. The van der Waals surface area contributed by atoms with Crippen molar-refractivity contribution in [1.29, 1.82) is 0 Å². The van der Waals surface area contributed by atoms with Crippen molar-refractivity contribution in [2.45, 2.75) is 47.0 Å². The molecule has 0 amide bonds. The fraction of sp³-hybridized carbons (Fsp3) is 0.533. The number of aryl methyl sites for hydroxylation is 1. The Labute approximate surface area is 108 Å². The number of hydrogen-bond acceptors (Lipinski definition) is 1. The van der Waals surface area contributed by atoms with Crippen LogP contribution in [-0.2, 0) is 6.42 Å². The summed E-state index contributed by atoms with van der Waals surface area (Å²) in [5, 5.41) is 0.717. The highest BCUT2D eigenvalue weighted by Gasteiger charge is 2.30. The molecule has 0 heterocycles. The Bertz CT molecular complexity index is 486. The van der Waals surface area contributed by atoms with Gasteiger partial charge in [-0.2, -0.15) is 0 Å². The first-order valence-electron chi connectivity index (χ1n) is 6.13. The van der Waals surface area contributed by atoms with Crippen LogP contribution in [0.3, 0.4) is 0 Å². The Morgan fingerprint density at radius 1 is 1.29 bits per heavy atom. The van der Waals surface area contributed by atoms with Crippen LogP contribution in [0.2, 0.25) is 5.02 Å². The van der Waals surface area contributed by atoms with E-state index >= 15 is 0 Å². The lowest BCUT2D eigenvalue weighted by Crippen LogP contribution is -2.15. The van der Waals surface area contributed by atoms with E-state index in [0.717, 1.165) is 29.5 Å². The molecule has 1 aromatic rings. The molecule has 17 heavy (non-hydrogen) atoms. The molecule has 0 N–H and O–H groups in total. The Kier molecular flexibility index (Phi) is 3.07. The molecule has 0 radical (unpaired) electrons. The summed E-state index contributed by atoms with van der Waals surface area (Å²) in [5.41, 5.74) is 4.31. The summed E-state index contributed by atoms with van der Waals surface area (Å²) >= 11 is 6.19. The van der Waals surface area contributed by atoms with Gasteiger partial charge in [0.05, 0.1) is 0 Å². The van der Waals surface area contributed by atoms with Crippen molar-refractivity contribution < 1.29 is 4.79 Å². The van der Waals surface area contributed by atoms with E-state index < -0.39 is 0 Å². The molecule has 92 valence electrons. The maximum atomic E-state index is 12.4. The molecule has 1 nitrogen and oxygen atoms in total. The molecular formula is C15H19ClO. The van der Waals surface area contributed by atoms with Crippen LogP contribution in [0.4, 0.5) is 0 Å². The van der Waals surface area contributed by atoms with Crippen molar-refractivity contribution in [1.82, 2.24) is 0 Å². The van der Waals surface area contributed by atoms with Gasteiger partial charge in [0.25, 0.3) is 0 Å². The maximum absolute atomic E-state index is 12.4. The molecule has 0 atom stereocenters. The highest BCUT2D eigenvalue weighted by Crippen LogP contribution is 2.37. The van der Waals surface area contributed by atoms with Crippen molar-refractivity contribution in [3.8, 4) is 0 Å². The summed E-state index contributed by atoms with van der Waals surface area (Å²) < 4.78 is 0. The number of hydrogen-bond donors (Lipinski definition) is 0. The van der Waals surface area contributed by atoms with Crippen molar-refractivity contribution in [2.24, 2.45) is 5.41 Å². The highest BCUT2D eigenvalue weighted by atomic mass is 35.5. The Morgan fingerprint density at radius 3 is 2.59 bits per heavy atom. The first-order valence-corrected chi connectivity index (χ1v) is 6.51. The van der Waals surface area contributed by atoms with Crippen molar-refractivity contribution in [2.75, 3.05) is 0 Å². The minimum absolute atomic E-state index is 0.0987. The molecule has 1 aliphatic rings. The number of Topliss-reactive ketones (excluding diaryl/α,β-unsaturated/α-hetero) is 1. The maximum Gasteiger partial charge on any atom is 0.164 e. The number of benzene rings is 1. The van der Waals surface area contributed by atoms with Crippen LogP contribution in [-0.4, -0.2) is 5.78 Å². The van der Waals surface area contributed by atoms with Crippen LogP contribution in [0.1, 0.15) is 53.7 Å². The van der Waals surface area contributed by atoms with Crippen LogP contribution in [0.5, 0.6) is 0 Å². The first-order chi connectivity index (χ1) is 7.82. The summed E-state index contributed by atoms with van der Waals surface area (Å²) in [5.74, 6) is 0.255. The number of fused-ring (bicyclic) bond motifs is 1. The fourth-order valence-electron chi connectivity index (χ4n) is 2.70. The summed E-state index contributed by atoms with van der Waals surface area (Å²) in [6.45, 7) is 8.35. The Balaban J connectivity index is 2.63. The second-order valence-corrected chi connectivity index (χ2v) is 6.33. The second kappa shape index (κ2) is 4.13. The zero-order valence-electron chi connectivity index (χ0n) is 11.0. The van der Waals surface area contributed by atoms with E-state index in [1.807, 2.05) is 13.0 Å². The van der Waals surface area contributed by atoms with Crippen LogP contribution in [0, 0.1) is 19.3 Å². The van der Waals surface area contributed by atoms with Gasteiger partial charge >= 0.3 is 0 Å². The average Bonchev–Trinajstić information content (AvgIpc) is 2.31. The van der Waals surface area contributed by atoms with Gasteiger partial charge in [-0.15, -0.1) is 0 Å². The van der Waals surface area contributed by atoms with Gasteiger partial charge in [-0.3, -0.25) is 4.79 Å². The van der Waals surface area contributed by atoms with Gasteiger partial charge in [-0.1, -0.05) is 25.4 Å².